The lowest BCUT2D eigenvalue weighted by molar-refractivity contribution is 0.128. The second-order valence-electron chi connectivity index (χ2n) is 8.85. The van der Waals surface area contributed by atoms with Gasteiger partial charge in [-0.3, -0.25) is 10.00 Å². The highest BCUT2D eigenvalue weighted by molar-refractivity contribution is 5.88. The molecule has 0 aliphatic carbocycles. The molecule has 1 aromatic carbocycles. The number of H-pyrrole nitrogens is 1. The van der Waals surface area contributed by atoms with Crippen molar-refractivity contribution in [1.82, 2.24) is 25.1 Å². The Kier molecular flexibility index (Phi) is 4.86. The fourth-order valence-electron chi connectivity index (χ4n) is 3.98. The topological polar surface area (TPSA) is 86.1 Å². The van der Waals surface area contributed by atoms with Crippen molar-refractivity contribution in [1.29, 1.82) is 0 Å². The van der Waals surface area contributed by atoms with E-state index >= 15 is 0 Å². The summed E-state index contributed by atoms with van der Waals surface area (Å²) in [5, 5.41) is 10.5. The van der Waals surface area contributed by atoms with E-state index in [0.717, 1.165) is 48.5 Å². The fraction of sp³-hybridized carbons (Fsp3) is 0.348. The molecule has 8 nitrogen and oxygen atoms in total. The van der Waals surface area contributed by atoms with Gasteiger partial charge in [-0.15, -0.1) is 0 Å². The fourth-order valence-corrected chi connectivity index (χ4v) is 3.98. The Hall–Kier alpha value is -3.39. The molecule has 5 rings (SSSR count). The van der Waals surface area contributed by atoms with Crippen LogP contribution in [0.5, 0.6) is 0 Å². The van der Waals surface area contributed by atoms with Gasteiger partial charge in [-0.2, -0.15) is 5.10 Å². The monoisotopic (exact) mass is 417 g/mol. The van der Waals surface area contributed by atoms with Gasteiger partial charge in [0.15, 0.2) is 11.6 Å². The first-order chi connectivity index (χ1) is 15.0. The Labute approximate surface area is 181 Å². The van der Waals surface area contributed by atoms with Gasteiger partial charge in [-0.25, -0.2) is 9.97 Å². The summed E-state index contributed by atoms with van der Waals surface area (Å²) < 4.78 is 5.19. The average Bonchev–Trinajstić information content (AvgIpc) is 3.46. The summed E-state index contributed by atoms with van der Waals surface area (Å²) >= 11 is 0. The summed E-state index contributed by atoms with van der Waals surface area (Å²) in [6.45, 7) is 11.1. The molecule has 31 heavy (non-hydrogen) atoms. The molecule has 1 aliphatic rings. The van der Waals surface area contributed by atoms with E-state index in [0.29, 0.717) is 11.6 Å². The molecule has 0 bridgehead atoms. The van der Waals surface area contributed by atoms with Crippen LogP contribution in [-0.2, 0) is 0 Å². The highest BCUT2D eigenvalue weighted by Crippen LogP contribution is 2.28. The Bertz CT molecular complexity index is 1150. The van der Waals surface area contributed by atoms with Crippen molar-refractivity contribution in [2.45, 2.75) is 26.3 Å². The Balaban J connectivity index is 1.34. The van der Waals surface area contributed by atoms with Crippen molar-refractivity contribution < 1.29 is 4.42 Å². The van der Waals surface area contributed by atoms with Gasteiger partial charge in [-0.05, 0) is 51.1 Å². The minimum Gasteiger partial charge on any atom is -0.472 e. The van der Waals surface area contributed by atoms with Gasteiger partial charge in [-0.1, -0.05) is 0 Å². The number of hydrogen-bond donors (Lipinski definition) is 2. The number of benzene rings is 1. The highest BCUT2D eigenvalue weighted by Gasteiger charge is 2.25. The van der Waals surface area contributed by atoms with Gasteiger partial charge in [0.1, 0.15) is 17.3 Å². The number of furan rings is 1. The summed E-state index contributed by atoms with van der Waals surface area (Å²) in [7, 11) is 0. The molecule has 8 heteroatoms. The van der Waals surface area contributed by atoms with E-state index in [9.17, 15) is 0 Å². The summed E-state index contributed by atoms with van der Waals surface area (Å²) in [5.74, 6) is 1.28. The van der Waals surface area contributed by atoms with Crippen LogP contribution in [-0.4, -0.2) is 56.8 Å². The predicted molar refractivity (Wildman–Crippen MR) is 123 cm³/mol. The minimum atomic E-state index is 0.227. The van der Waals surface area contributed by atoms with E-state index in [4.69, 9.17) is 4.42 Å². The van der Waals surface area contributed by atoms with E-state index in [1.807, 2.05) is 6.07 Å². The second kappa shape index (κ2) is 7.70. The molecular formula is C23H27N7O. The molecule has 3 aromatic heterocycles. The average molecular weight is 418 g/mol. The lowest BCUT2D eigenvalue weighted by atomic mass is 10.0. The van der Waals surface area contributed by atoms with Crippen molar-refractivity contribution in [3.8, 4) is 11.4 Å². The maximum absolute atomic E-state index is 5.19. The number of hydrogen-bond acceptors (Lipinski definition) is 7. The Morgan fingerprint density at radius 1 is 1.00 bits per heavy atom. The molecule has 4 heterocycles. The number of nitrogens with one attached hydrogen (secondary N) is 2. The number of nitrogens with zero attached hydrogens (tertiary/aromatic N) is 5. The molecule has 0 amide bonds. The highest BCUT2D eigenvalue weighted by atomic mass is 16.3. The van der Waals surface area contributed by atoms with Crippen LogP contribution in [0.15, 0.2) is 53.5 Å². The number of aromatic amines is 1. The first-order valence-electron chi connectivity index (χ1n) is 10.6. The van der Waals surface area contributed by atoms with Gasteiger partial charge in [0.25, 0.3) is 0 Å². The molecule has 4 aromatic rings. The Morgan fingerprint density at radius 2 is 1.77 bits per heavy atom. The lowest BCUT2D eigenvalue weighted by Crippen LogP contribution is -2.53. The zero-order valence-corrected chi connectivity index (χ0v) is 18.1. The van der Waals surface area contributed by atoms with E-state index in [-0.39, 0.29) is 5.54 Å². The molecule has 0 radical (unpaired) electrons. The van der Waals surface area contributed by atoms with E-state index < -0.39 is 0 Å². The van der Waals surface area contributed by atoms with E-state index in [2.05, 4.69) is 80.3 Å². The van der Waals surface area contributed by atoms with Gasteiger partial charge < -0.3 is 14.6 Å². The molecule has 0 unspecified atom stereocenters. The molecule has 160 valence electrons. The van der Waals surface area contributed by atoms with Crippen LogP contribution >= 0.6 is 0 Å². The van der Waals surface area contributed by atoms with Crippen molar-refractivity contribution in [3.05, 3.63) is 49.1 Å². The largest absolute Gasteiger partial charge is 0.472 e. The zero-order valence-electron chi connectivity index (χ0n) is 18.1. The summed E-state index contributed by atoms with van der Waals surface area (Å²) in [6.07, 6.45) is 4.96. The number of anilines is 3. The third-order valence-corrected chi connectivity index (χ3v) is 5.80. The normalized spacial score (nSPS) is 15.5. The van der Waals surface area contributed by atoms with Crippen LogP contribution in [0.3, 0.4) is 0 Å². The molecule has 0 atom stereocenters. The lowest BCUT2D eigenvalue weighted by Gasteiger charge is -2.43. The minimum absolute atomic E-state index is 0.227. The zero-order chi connectivity index (χ0) is 21.4. The molecular weight excluding hydrogens is 390 g/mol. The molecule has 1 saturated heterocycles. The van der Waals surface area contributed by atoms with Crippen LogP contribution in [0.4, 0.5) is 17.2 Å². The van der Waals surface area contributed by atoms with Crippen molar-refractivity contribution in [2.75, 3.05) is 36.4 Å². The van der Waals surface area contributed by atoms with Gasteiger partial charge in [0, 0.05) is 43.1 Å². The van der Waals surface area contributed by atoms with Crippen molar-refractivity contribution in [3.63, 3.8) is 0 Å². The second-order valence-corrected chi connectivity index (χ2v) is 8.85. The number of aromatic nitrogens is 4. The third kappa shape index (κ3) is 3.98. The van der Waals surface area contributed by atoms with E-state index in [1.165, 1.54) is 5.69 Å². The molecule has 2 N–H and O–H groups in total. The molecule has 1 aliphatic heterocycles. The van der Waals surface area contributed by atoms with Crippen LogP contribution in [0.2, 0.25) is 0 Å². The third-order valence-electron chi connectivity index (χ3n) is 5.80. The first kappa shape index (κ1) is 19.6. The Morgan fingerprint density at radius 3 is 2.45 bits per heavy atom. The molecule has 0 saturated carbocycles. The quantitative estimate of drug-likeness (QED) is 0.513. The van der Waals surface area contributed by atoms with Crippen LogP contribution in [0.1, 0.15) is 20.8 Å². The summed E-state index contributed by atoms with van der Waals surface area (Å²) in [6, 6.07) is 10.4. The molecule has 1 fully saturated rings. The first-order valence-corrected chi connectivity index (χ1v) is 10.6. The van der Waals surface area contributed by atoms with E-state index in [1.54, 1.807) is 18.7 Å². The smallest absolute Gasteiger partial charge is 0.165 e. The van der Waals surface area contributed by atoms with Crippen LogP contribution < -0.4 is 10.2 Å². The number of fused-ring (bicyclic) bond motifs is 1. The SMILES string of the molecule is CC(C)(C)N1CCN(c2ccc(Nc3nc(-c4ccoc4)nc4cn[nH]c34)cc2)CC1. The van der Waals surface area contributed by atoms with Gasteiger partial charge in [0.05, 0.1) is 18.0 Å². The van der Waals surface area contributed by atoms with Crippen LogP contribution in [0.25, 0.3) is 22.4 Å². The van der Waals surface area contributed by atoms with Crippen LogP contribution in [0, 0.1) is 0 Å². The van der Waals surface area contributed by atoms with Gasteiger partial charge in [0.2, 0.25) is 0 Å². The number of piperazine rings is 1. The number of rotatable bonds is 4. The predicted octanol–water partition coefficient (Wildman–Crippen LogP) is 4.28. The standard InChI is InChI=1S/C23H27N7O/c1-23(2,3)30-11-9-29(10-12-30)18-6-4-17(5-7-18)25-22-20-19(14-24-28-20)26-21(27-22)16-8-13-31-15-16/h4-8,13-15H,9-12H2,1-3H3,(H,24,28)(H,25,26,27). The maximum Gasteiger partial charge on any atom is 0.165 e. The summed E-state index contributed by atoms with van der Waals surface area (Å²) in [5.41, 5.74) is 4.79. The van der Waals surface area contributed by atoms with Crippen molar-refractivity contribution in [2.24, 2.45) is 0 Å². The van der Waals surface area contributed by atoms with Gasteiger partial charge >= 0.3 is 0 Å². The summed E-state index contributed by atoms with van der Waals surface area (Å²) in [4.78, 5) is 14.2. The maximum atomic E-state index is 5.19. The molecule has 0 spiro atoms. The van der Waals surface area contributed by atoms with Crippen molar-refractivity contribution >= 4 is 28.2 Å².